The van der Waals surface area contributed by atoms with Crippen LogP contribution in [0.5, 0.6) is 0 Å². The van der Waals surface area contributed by atoms with E-state index in [2.05, 4.69) is 0 Å². The second kappa shape index (κ2) is 5.93. The maximum Gasteiger partial charge on any atom is 0.305 e. The fraction of sp³-hybridized carbons (Fsp3) is 0.188. The van der Waals surface area contributed by atoms with E-state index >= 15 is 0 Å². The molecule has 3 heteroatoms. The Kier molecular flexibility index (Phi) is 4.27. The van der Waals surface area contributed by atoms with Crippen molar-refractivity contribution in [2.75, 3.05) is 0 Å². The third-order valence-electron chi connectivity index (χ3n) is 2.96. The molecule has 2 nitrogen and oxygen atoms in total. The largest absolute Gasteiger partial charge is 0.481 e. The predicted molar refractivity (Wildman–Crippen MR) is 78.3 cm³/mol. The molecule has 0 spiro atoms. The smallest absolute Gasteiger partial charge is 0.305 e. The summed E-state index contributed by atoms with van der Waals surface area (Å²) < 4.78 is -0.464. The zero-order valence-corrected chi connectivity index (χ0v) is 11.6. The monoisotopic (exact) mass is 272 g/mol. The molecule has 98 valence electrons. The third-order valence-corrected chi connectivity index (χ3v) is 4.30. The van der Waals surface area contributed by atoms with Gasteiger partial charge in [-0.15, -0.1) is 11.8 Å². The van der Waals surface area contributed by atoms with E-state index in [0.717, 1.165) is 10.5 Å². The number of rotatable bonds is 5. The fourth-order valence-electron chi connectivity index (χ4n) is 2.03. The summed E-state index contributed by atoms with van der Waals surface area (Å²) in [5, 5.41) is 9.18. The summed E-state index contributed by atoms with van der Waals surface area (Å²) in [6, 6.07) is 19.7. The normalized spacial score (nSPS) is 13.7. The van der Waals surface area contributed by atoms with Crippen molar-refractivity contribution >= 4 is 17.7 Å². The van der Waals surface area contributed by atoms with Gasteiger partial charge in [-0.25, -0.2) is 0 Å². The molecule has 0 bridgehead atoms. The topological polar surface area (TPSA) is 37.3 Å². The highest BCUT2D eigenvalue weighted by Crippen LogP contribution is 2.43. The van der Waals surface area contributed by atoms with Gasteiger partial charge in [0.2, 0.25) is 0 Å². The Labute approximate surface area is 117 Å². The first kappa shape index (κ1) is 13.7. The zero-order valence-electron chi connectivity index (χ0n) is 10.7. The quantitative estimate of drug-likeness (QED) is 0.830. The van der Waals surface area contributed by atoms with E-state index in [1.165, 1.54) is 0 Å². The van der Waals surface area contributed by atoms with Gasteiger partial charge in [-0.05, 0) is 24.6 Å². The number of thioether (sulfide) groups is 1. The molecule has 19 heavy (non-hydrogen) atoms. The second-order valence-corrected chi connectivity index (χ2v) is 6.16. The molecule has 1 N–H and O–H groups in total. The number of carboxylic acids is 1. The standard InChI is InChI=1S/C16H16O2S/c1-16(12-15(17)18,13-8-4-2-5-9-13)19-14-10-6-3-7-11-14/h2-11H,12H2,1H3,(H,17,18). The SMILES string of the molecule is CC(CC(=O)O)(Sc1ccccc1)c1ccccc1. The lowest BCUT2D eigenvalue weighted by Gasteiger charge is -2.28. The molecule has 0 amide bonds. The van der Waals surface area contributed by atoms with E-state index in [9.17, 15) is 9.90 Å². The molecule has 0 fully saturated rings. The van der Waals surface area contributed by atoms with Gasteiger partial charge in [-0.3, -0.25) is 4.79 Å². The Morgan fingerprint density at radius 2 is 1.58 bits per heavy atom. The van der Waals surface area contributed by atoms with Crippen LogP contribution in [-0.4, -0.2) is 11.1 Å². The van der Waals surface area contributed by atoms with Gasteiger partial charge in [0, 0.05) is 4.90 Å². The van der Waals surface area contributed by atoms with Gasteiger partial charge < -0.3 is 5.11 Å². The Hall–Kier alpha value is -1.74. The van der Waals surface area contributed by atoms with Gasteiger partial charge >= 0.3 is 5.97 Å². The van der Waals surface area contributed by atoms with Crippen LogP contribution in [-0.2, 0) is 9.54 Å². The first-order chi connectivity index (χ1) is 9.10. The Bertz CT molecular complexity index is 539. The molecule has 0 aromatic heterocycles. The van der Waals surface area contributed by atoms with Crippen LogP contribution in [0.2, 0.25) is 0 Å². The van der Waals surface area contributed by atoms with Crippen molar-refractivity contribution in [3.8, 4) is 0 Å². The van der Waals surface area contributed by atoms with Gasteiger partial charge in [0.05, 0.1) is 11.2 Å². The van der Waals surface area contributed by atoms with E-state index < -0.39 is 10.7 Å². The van der Waals surface area contributed by atoms with Crippen LogP contribution in [0, 0.1) is 0 Å². The third kappa shape index (κ3) is 3.61. The molecule has 0 aliphatic carbocycles. The lowest BCUT2D eigenvalue weighted by atomic mass is 9.97. The van der Waals surface area contributed by atoms with Crippen molar-refractivity contribution in [2.45, 2.75) is 23.0 Å². The summed E-state index contributed by atoms with van der Waals surface area (Å²) in [6.45, 7) is 1.98. The maximum absolute atomic E-state index is 11.2. The highest BCUT2D eigenvalue weighted by molar-refractivity contribution is 8.00. The molecule has 0 aliphatic heterocycles. The van der Waals surface area contributed by atoms with Crippen molar-refractivity contribution in [1.82, 2.24) is 0 Å². The Morgan fingerprint density at radius 1 is 1.05 bits per heavy atom. The molecule has 0 heterocycles. The molecule has 1 atom stereocenters. The van der Waals surface area contributed by atoms with Gasteiger partial charge in [-0.2, -0.15) is 0 Å². The van der Waals surface area contributed by atoms with Gasteiger partial charge in [0.25, 0.3) is 0 Å². The van der Waals surface area contributed by atoms with Crippen LogP contribution in [0.15, 0.2) is 65.6 Å². The van der Waals surface area contributed by atoms with Crippen molar-refractivity contribution < 1.29 is 9.90 Å². The number of hydrogen-bond donors (Lipinski definition) is 1. The zero-order chi connectivity index (χ0) is 13.7. The number of hydrogen-bond acceptors (Lipinski definition) is 2. The molecule has 0 saturated heterocycles. The summed E-state index contributed by atoms with van der Waals surface area (Å²) in [4.78, 5) is 12.2. The average molecular weight is 272 g/mol. The van der Waals surface area contributed by atoms with Crippen molar-refractivity contribution in [3.63, 3.8) is 0 Å². The Morgan fingerprint density at radius 3 is 2.11 bits per heavy atom. The van der Waals surface area contributed by atoms with Gasteiger partial charge in [0.15, 0.2) is 0 Å². The summed E-state index contributed by atoms with van der Waals surface area (Å²) in [6.07, 6.45) is 0.0938. The van der Waals surface area contributed by atoms with Crippen LogP contribution in [0.1, 0.15) is 18.9 Å². The maximum atomic E-state index is 11.2. The lowest BCUT2D eigenvalue weighted by Crippen LogP contribution is -2.21. The molecule has 2 aromatic rings. The summed E-state index contributed by atoms with van der Waals surface area (Å²) in [5.41, 5.74) is 1.03. The summed E-state index contributed by atoms with van der Waals surface area (Å²) in [5.74, 6) is -0.783. The van der Waals surface area contributed by atoms with Crippen LogP contribution in [0.3, 0.4) is 0 Å². The number of carbonyl (C=O) groups is 1. The molecule has 0 saturated carbocycles. The molecular weight excluding hydrogens is 256 g/mol. The number of carboxylic acid groups (broad SMARTS) is 1. The summed E-state index contributed by atoms with van der Waals surface area (Å²) >= 11 is 1.59. The van der Waals surface area contributed by atoms with E-state index in [1.807, 2.05) is 67.6 Å². The molecule has 0 aliphatic rings. The lowest BCUT2D eigenvalue weighted by molar-refractivity contribution is -0.137. The van der Waals surface area contributed by atoms with E-state index in [-0.39, 0.29) is 6.42 Å². The summed E-state index contributed by atoms with van der Waals surface area (Å²) in [7, 11) is 0. The molecule has 0 radical (unpaired) electrons. The number of aliphatic carboxylic acids is 1. The molecule has 2 rings (SSSR count). The van der Waals surface area contributed by atoms with Crippen molar-refractivity contribution in [3.05, 3.63) is 66.2 Å². The Balaban J connectivity index is 2.32. The first-order valence-corrected chi connectivity index (χ1v) is 6.93. The molecule has 1 unspecified atom stereocenters. The minimum atomic E-state index is -0.783. The predicted octanol–water partition coefficient (Wildman–Crippen LogP) is 4.17. The van der Waals surface area contributed by atoms with E-state index in [1.54, 1.807) is 11.8 Å². The minimum Gasteiger partial charge on any atom is -0.481 e. The van der Waals surface area contributed by atoms with E-state index in [4.69, 9.17) is 0 Å². The van der Waals surface area contributed by atoms with Crippen molar-refractivity contribution in [1.29, 1.82) is 0 Å². The van der Waals surface area contributed by atoms with Gasteiger partial charge in [-0.1, -0.05) is 48.5 Å². The highest BCUT2D eigenvalue weighted by Gasteiger charge is 2.30. The molecular formula is C16H16O2S. The van der Waals surface area contributed by atoms with Gasteiger partial charge in [0.1, 0.15) is 0 Å². The van der Waals surface area contributed by atoms with Crippen molar-refractivity contribution in [2.24, 2.45) is 0 Å². The fourth-order valence-corrected chi connectivity index (χ4v) is 3.29. The highest BCUT2D eigenvalue weighted by atomic mass is 32.2. The van der Waals surface area contributed by atoms with Crippen LogP contribution in [0.4, 0.5) is 0 Å². The second-order valence-electron chi connectivity index (χ2n) is 4.58. The average Bonchev–Trinajstić information content (AvgIpc) is 2.40. The number of benzene rings is 2. The van der Waals surface area contributed by atoms with Crippen LogP contribution >= 0.6 is 11.8 Å². The van der Waals surface area contributed by atoms with Crippen LogP contribution < -0.4 is 0 Å². The van der Waals surface area contributed by atoms with E-state index in [0.29, 0.717) is 0 Å². The van der Waals surface area contributed by atoms with Crippen LogP contribution in [0.25, 0.3) is 0 Å². The first-order valence-electron chi connectivity index (χ1n) is 6.11. The molecule has 2 aromatic carbocycles. The minimum absolute atomic E-state index is 0.0938.